The fourth-order valence-electron chi connectivity index (χ4n) is 1.55. The van der Waals surface area contributed by atoms with Gasteiger partial charge in [-0.05, 0) is 13.3 Å². The van der Waals surface area contributed by atoms with Crippen molar-refractivity contribution in [1.29, 1.82) is 0 Å². The summed E-state index contributed by atoms with van der Waals surface area (Å²) in [5.41, 5.74) is 0.476. The first-order valence-electron chi connectivity index (χ1n) is 6.32. The molecule has 0 saturated carbocycles. The second kappa shape index (κ2) is 7.59. The number of ether oxygens (including phenoxy) is 2. The van der Waals surface area contributed by atoms with Crippen molar-refractivity contribution in [3.8, 4) is 0 Å². The van der Waals surface area contributed by atoms with E-state index in [1.54, 1.807) is 0 Å². The summed E-state index contributed by atoms with van der Waals surface area (Å²) in [6.07, 6.45) is 0.835. The number of carbonyl (C=O) groups excluding carboxylic acids is 2. The molecule has 0 saturated heterocycles. The fourth-order valence-corrected chi connectivity index (χ4v) is 1.55. The molecule has 1 heterocycles. The van der Waals surface area contributed by atoms with Gasteiger partial charge in [-0.2, -0.15) is 0 Å². The van der Waals surface area contributed by atoms with Gasteiger partial charge in [-0.1, -0.05) is 12.1 Å². The van der Waals surface area contributed by atoms with Crippen LogP contribution < -0.4 is 5.32 Å². The maximum absolute atomic E-state index is 11.8. The molecule has 0 aliphatic heterocycles. The van der Waals surface area contributed by atoms with Gasteiger partial charge in [0.25, 0.3) is 0 Å². The average molecular weight is 284 g/mol. The van der Waals surface area contributed by atoms with Gasteiger partial charge >= 0.3 is 5.97 Å². The highest BCUT2D eigenvalue weighted by molar-refractivity contribution is 5.88. The molecule has 1 rings (SSSR count). The molecule has 20 heavy (non-hydrogen) atoms. The monoisotopic (exact) mass is 284 g/mol. The van der Waals surface area contributed by atoms with Crippen LogP contribution in [0.2, 0.25) is 0 Å². The van der Waals surface area contributed by atoms with Gasteiger partial charge in [-0.15, -0.1) is 5.10 Å². The molecule has 1 atom stereocenters. The number of rotatable bonds is 7. The third-order valence-corrected chi connectivity index (χ3v) is 2.81. The molecule has 1 unspecified atom stereocenters. The lowest BCUT2D eigenvalue weighted by atomic mass is 10.2. The van der Waals surface area contributed by atoms with Crippen LogP contribution in [0.25, 0.3) is 0 Å². The van der Waals surface area contributed by atoms with Crippen molar-refractivity contribution in [3.05, 3.63) is 11.4 Å². The van der Waals surface area contributed by atoms with Gasteiger partial charge in [-0.3, -0.25) is 4.79 Å². The Morgan fingerprint density at radius 3 is 2.65 bits per heavy atom. The maximum atomic E-state index is 11.8. The molecule has 0 aromatic carbocycles. The summed E-state index contributed by atoms with van der Waals surface area (Å²) in [4.78, 5) is 23.4. The lowest BCUT2D eigenvalue weighted by Gasteiger charge is -2.12. The minimum atomic E-state index is -0.606. The van der Waals surface area contributed by atoms with Gasteiger partial charge in [0.05, 0.1) is 19.4 Å². The van der Waals surface area contributed by atoms with Crippen molar-refractivity contribution >= 4 is 11.9 Å². The Morgan fingerprint density at radius 2 is 2.10 bits per heavy atom. The Balaban J connectivity index is 2.86. The molecular weight excluding hydrogens is 264 g/mol. The predicted octanol–water partition coefficient (Wildman–Crippen LogP) is 0.126. The first kappa shape index (κ1) is 16.1. The summed E-state index contributed by atoms with van der Waals surface area (Å²) in [6, 6.07) is 0.0805. The van der Waals surface area contributed by atoms with E-state index >= 15 is 0 Å². The van der Waals surface area contributed by atoms with E-state index in [0.717, 1.165) is 6.42 Å². The Morgan fingerprint density at radius 1 is 1.40 bits per heavy atom. The highest BCUT2D eigenvalue weighted by Crippen LogP contribution is 2.08. The van der Waals surface area contributed by atoms with E-state index in [-0.39, 0.29) is 30.8 Å². The number of hydrogen-bond donors (Lipinski definition) is 1. The molecule has 1 N–H and O–H groups in total. The van der Waals surface area contributed by atoms with Gasteiger partial charge in [0.15, 0.2) is 5.69 Å². The van der Waals surface area contributed by atoms with E-state index in [9.17, 15) is 9.59 Å². The van der Waals surface area contributed by atoms with E-state index in [1.165, 1.54) is 18.9 Å². The van der Waals surface area contributed by atoms with Crippen LogP contribution in [0.3, 0.4) is 0 Å². The van der Waals surface area contributed by atoms with Gasteiger partial charge in [0, 0.05) is 13.2 Å². The number of hydrogen-bond acceptors (Lipinski definition) is 6. The lowest BCUT2D eigenvalue weighted by Crippen LogP contribution is -2.35. The molecular formula is C12H20N4O4. The Kier molecular flexibility index (Phi) is 6.10. The number of esters is 1. The van der Waals surface area contributed by atoms with Crippen LogP contribution in [0, 0.1) is 0 Å². The number of amides is 1. The quantitative estimate of drug-likeness (QED) is 0.715. The van der Waals surface area contributed by atoms with Crippen molar-refractivity contribution < 1.29 is 19.1 Å². The zero-order valence-corrected chi connectivity index (χ0v) is 12.2. The molecule has 1 aromatic heterocycles. The Bertz CT molecular complexity index is 472. The molecule has 1 amide bonds. The summed E-state index contributed by atoms with van der Waals surface area (Å²) >= 11 is 0. The zero-order valence-electron chi connectivity index (χ0n) is 12.2. The molecule has 0 spiro atoms. The Hall–Kier alpha value is -1.96. The molecule has 112 valence electrons. The first-order chi connectivity index (χ1) is 9.53. The summed E-state index contributed by atoms with van der Waals surface area (Å²) in [5, 5.41) is 10.4. The normalized spacial score (nSPS) is 12.0. The highest BCUT2D eigenvalue weighted by Gasteiger charge is 2.21. The SMILES string of the molecule is CCC(C)NC(=O)Cn1nnc(C(=O)OC)c1COC. The van der Waals surface area contributed by atoms with Crippen molar-refractivity contribution in [3.63, 3.8) is 0 Å². The topological polar surface area (TPSA) is 95.3 Å². The van der Waals surface area contributed by atoms with Crippen LogP contribution in [0.15, 0.2) is 0 Å². The molecule has 0 aliphatic carbocycles. The number of carbonyl (C=O) groups is 2. The van der Waals surface area contributed by atoms with Crippen molar-refractivity contribution in [1.82, 2.24) is 20.3 Å². The van der Waals surface area contributed by atoms with Crippen LogP contribution in [0.5, 0.6) is 0 Å². The van der Waals surface area contributed by atoms with Gasteiger partial charge < -0.3 is 14.8 Å². The predicted molar refractivity (Wildman–Crippen MR) is 70.0 cm³/mol. The number of aromatic nitrogens is 3. The van der Waals surface area contributed by atoms with Crippen molar-refractivity contribution in [2.75, 3.05) is 14.2 Å². The van der Waals surface area contributed by atoms with E-state index in [4.69, 9.17) is 4.74 Å². The van der Waals surface area contributed by atoms with Gasteiger partial charge in [0.2, 0.25) is 5.91 Å². The van der Waals surface area contributed by atoms with Gasteiger partial charge in [-0.25, -0.2) is 9.48 Å². The first-order valence-corrected chi connectivity index (χ1v) is 6.32. The van der Waals surface area contributed by atoms with E-state index in [2.05, 4.69) is 20.4 Å². The van der Waals surface area contributed by atoms with Crippen LogP contribution in [0.4, 0.5) is 0 Å². The highest BCUT2D eigenvalue weighted by atomic mass is 16.5. The smallest absolute Gasteiger partial charge is 0.360 e. The van der Waals surface area contributed by atoms with Crippen LogP contribution in [-0.4, -0.2) is 47.1 Å². The summed E-state index contributed by atoms with van der Waals surface area (Å²) < 4.78 is 11.0. The second-order valence-electron chi connectivity index (χ2n) is 4.34. The fraction of sp³-hybridized carbons (Fsp3) is 0.667. The molecule has 8 heteroatoms. The van der Waals surface area contributed by atoms with Crippen molar-refractivity contribution in [2.24, 2.45) is 0 Å². The van der Waals surface area contributed by atoms with E-state index in [0.29, 0.717) is 5.69 Å². The molecule has 0 fully saturated rings. The second-order valence-corrected chi connectivity index (χ2v) is 4.34. The molecule has 0 aliphatic rings. The van der Waals surface area contributed by atoms with Gasteiger partial charge in [0.1, 0.15) is 6.54 Å². The largest absolute Gasteiger partial charge is 0.464 e. The number of methoxy groups -OCH3 is 2. The maximum Gasteiger partial charge on any atom is 0.360 e. The van der Waals surface area contributed by atoms with E-state index < -0.39 is 5.97 Å². The number of nitrogens with one attached hydrogen (secondary N) is 1. The third-order valence-electron chi connectivity index (χ3n) is 2.81. The zero-order chi connectivity index (χ0) is 15.1. The molecule has 0 bridgehead atoms. The third kappa shape index (κ3) is 4.02. The number of nitrogens with zero attached hydrogens (tertiary/aromatic N) is 3. The Labute approximate surface area is 117 Å². The molecule has 8 nitrogen and oxygen atoms in total. The van der Waals surface area contributed by atoms with Crippen LogP contribution >= 0.6 is 0 Å². The molecule has 0 radical (unpaired) electrons. The minimum absolute atomic E-state index is 0.0208. The van der Waals surface area contributed by atoms with Crippen LogP contribution in [0.1, 0.15) is 36.5 Å². The summed E-state index contributed by atoms with van der Waals surface area (Å²) in [7, 11) is 2.74. The van der Waals surface area contributed by atoms with E-state index in [1.807, 2.05) is 13.8 Å². The summed E-state index contributed by atoms with van der Waals surface area (Å²) in [5.74, 6) is -0.802. The van der Waals surface area contributed by atoms with Crippen molar-refractivity contribution in [2.45, 2.75) is 39.5 Å². The minimum Gasteiger partial charge on any atom is -0.464 e. The average Bonchev–Trinajstić information content (AvgIpc) is 2.81. The summed E-state index contributed by atoms with van der Waals surface area (Å²) in [6.45, 7) is 3.99. The molecule has 1 aromatic rings. The lowest BCUT2D eigenvalue weighted by molar-refractivity contribution is -0.122. The van der Waals surface area contributed by atoms with Crippen LogP contribution in [-0.2, 0) is 27.4 Å². The standard InChI is InChI=1S/C12H20N4O4/c1-5-8(2)13-10(17)6-16-9(7-19-3)11(14-15-16)12(18)20-4/h8H,5-7H2,1-4H3,(H,13,17).